The zero-order chi connectivity index (χ0) is 27.9. The number of ether oxygens (including phenoxy) is 3. The average Bonchev–Trinajstić information content (AvgIpc) is 2.85. The van der Waals surface area contributed by atoms with E-state index in [1.165, 1.54) is 17.4 Å². The van der Waals surface area contributed by atoms with Gasteiger partial charge in [-0.15, -0.1) is 0 Å². The zero-order valence-electron chi connectivity index (χ0n) is 19.9. The molecule has 0 bridgehead atoms. The molecular weight excluding hydrogens is 550 g/mol. The number of alkyl halides is 3. The first-order valence-corrected chi connectivity index (χ1v) is 11.8. The summed E-state index contributed by atoms with van der Waals surface area (Å²) in [5.74, 6) is -1.90. The Hall–Kier alpha value is -3.63. The maximum atomic E-state index is 12.5. The number of amides is 1. The monoisotopic (exact) mass is 571 g/mol. The Bertz CT molecular complexity index is 1260. The molecule has 0 radical (unpaired) electrons. The van der Waals surface area contributed by atoms with Gasteiger partial charge in [-0.2, -0.15) is 13.2 Å². The first-order chi connectivity index (χ1) is 18.0. The van der Waals surface area contributed by atoms with Crippen molar-refractivity contribution in [1.29, 1.82) is 0 Å². The highest BCUT2D eigenvalue weighted by Gasteiger charge is 2.40. The second-order valence-electron chi connectivity index (χ2n) is 7.98. The second-order valence-corrected chi connectivity index (χ2v) is 8.79. The smallest absolute Gasteiger partial charge is 0.471 e. The Labute approximate surface area is 226 Å². The molecule has 0 aromatic heterocycles. The normalized spacial score (nSPS) is 11.9. The molecule has 3 aromatic carbocycles. The molecule has 0 spiro atoms. The first kappa shape index (κ1) is 28.9. The van der Waals surface area contributed by atoms with Gasteiger partial charge < -0.3 is 24.6 Å². The molecule has 0 fully saturated rings. The molecule has 0 aliphatic heterocycles. The minimum absolute atomic E-state index is 0.0374. The van der Waals surface area contributed by atoms with Crippen molar-refractivity contribution in [1.82, 2.24) is 5.32 Å². The Morgan fingerprint density at radius 2 is 1.58 bits per heavy atom. The molecule has 0 aliphatic carbocycles. The molecule has 1 amide bonds. The van der Waals surface area contributed by atoms with Crippen LogP contribution in [0, 0.1) is 0 Å². The van der Waals surface area contributed by atoms with Gasteiger partial charge in [0.1, 0.15) is 23.3 Å². The van der Waals surface area contributed by atoms with Gasteiger partial charge in [-0.25, -0.2) is 4.79 Å². The number of rotatable bonds is 11. The van der Waals surface area contributed by atoms with Crippen molar-refractivity contribution in [2.75, 3.05) is 13.7 Å². The van der Waals surface area contributed by atoms with Crippen LogP contribution >= 0.6 is 23.2 Å². The largest absolute Gasteiger partial charge is 0.497 e. The van der Waals surface area contributed by atoms with Crippen molar-refractivity contribution in [2.45, 2.75) is 25.1 Å². The van der Waals surface area contributed by atoms with Crippen LogP contribution in [-0.2, 0) is 22.4 Å². The van der Waals surface area contributed by atoms with Gasteiger partial charge in [0.15, 0.2) is 5.75 Å². The third-order valence-corrected chi connectivity index (χ3v) is 5.75. The summed E-state index contributed by atoms with van der Waals surface area (Å²) in [5.41, 5.74) is 1.11. The van der Waals surface area contributed by atoms with E-state index >= 15 is 0 Å². The number of methoxy groups -OCH3 is 1. The molecular formula is C26H22Cl2F3NO6. The Kier molecular flexibility index (Phi) is 9.71. The lowest BCUT2D eigenvalue weighted by Gasteiger charge is -2.17. The maximum Gasteiger partial charge on any atom is 0.471 e. The molecule has 38 heavy (non-hydrogen) atoms. The van der Waals surface area contributed by atoms with E-state index in [2.05, 4.69) is 0 Å². The Morgan fingerprint density at radius 1 is 0.947 bits per heavy atom. The molecule has 0 aliphatic rings. The highest BCUT2D eigenvalue weighted by atomic mass is 35.5. The van der Waals surface area contributed by atoms with Crippen molar-refractivity contribution in [2.24, 2.45) is 0 Å². The number of hydrogen-bond acceptors (Lipinski definition) is 5. The molecule has 0 saturated heterocycles. The van der Waals surface area contributed by atoms with E-state index < -0.39 is 30.5 Å². The minimum atomic E-state index is -5.22. The number of nitrogens with one attached hydrogen (secondary N) is 1. The lowest BCUT2D eigenvalue weighted by molar-refractivity contribution is -0.175. The van der Waals surface area contributed by atoms with Gasteiger partial charge in [0.25, 0.3) is 0 Å². The fourth-order valence-corrected chi connectivity index (χ4v) is 4.00. The summed E-state index contributed by atoms with van der Waals surface area (Å²) < 4.78 is 54.2. The zero-order valence-corrected chi connectivity index (χ0v) is 21.4. The van der Waals surface area contributed by atoms with Crippen LogP contribution in [0.3, 0.4) is 0 Å². The van der Waals surface area contributed by atoms with Crippen molar-refractivity contribution in [3.8, 4) is 23.0 Å². The van der Waals surface area contributed by atoms with E-state index in [4.69, 9.17) is 37.4 Å². The molecule has 3 aromatic rings. The summed E-state index contributed by atoms with van der Waals surface area (Å²) >= 11 is 12.5. The van der Waals surface area contributed by atoms with E-state index in [9.17, 15) is 27.9 Å². The number of aliphatic carboxylic acids is 1. The van der Waals surface area contributed by atoms with Gasteiger partial charge >= 0.3 is 18.1 Å². The van der Waals surface area contributed by atoms with Gasteiger partial charge in [-0.05, 0) is 59.7 Å². The fraction of sp³-hybridized carbons (Fsp3) is 0.231. The third kappa shape index (κ3) is 8.19. The molecule has 2 N–H and O–H groups in total. The summed E-state index contributed by atoms with van der Waals surface area (Å²) in [5, 5.41) is 10.7. The molecule has 1 atom stereocenters. The Morgan fingerprint density at radius 3 is 2.16 bits per heavy atom. The van der Waals surface area contributed by atoms with E-state index in [-0.39, 0.29) is 28.0 Å². The summed E-state index contributed by atoms with van der Waals surface area (Å²) in [6, 6.07) is 15.3. The van der Waals surface area contributed by atoms with Crippen LogP contribution in [0.1, 0.15) is 11.1 Å². The SMILES string of the molecule is COc1ccc(Oc2cccc(CCOc3c(Cl)cc(C[C@H](NC(=O)C(F)(F)F)C(=O)O)cc3Cl)c2)cc1. The molecule has 0 unspecified atom stereocenters. The maximum absolute atomic E-state index is 12.5. The lowest BCUT2D eigenvalue weighted by Crippen LogP contribution is -2.47. The molecule has 202 valence electrons. The topological polar surface area (TPSA) is 94.1 Å². The third-order valence-electron chi connectivity index (χ3n) is 5.19. The highest BCUT2D eigenvalue weighted by molar-refractivity contribution is 6.37. The molecule has 12 heteroatoms. The number of carboxylic acid groups (broad SMARTS) is 1. The number of halogens is 5. The van der Waals surface area contributed by atoms with E-state index in [1.807, 2.05) is 24.3 Å². The van der Waals surface area contributed by atoms with Crippen LogP contribution in [0.4, 0.5) is 13.2 Å². The van der Waals surface area contributed by atoms with Crippen LogP contribution in [-0.4, -0.2) is 42.9 Å². The quantitative estimate of drug-likeness (QED) is 0.289. The van der Waals surface area contributed by atoms with Crippen LogP contribution in [0.5, 0.6) is 23.0 Å². The first-order valence-electron chi connectivity index (χ1n) is 11.1. The molecule has 0 heterocycles. The van der Waals surface area contributed by atoms with Crippen molar-refractivity contribution >= 4 is 35.1 Å². The van der Waals surface area contributed by atoms with Crippen LogP contribution in [0.25, 0.3) is 0 Å². The number of carbonyl (C=O) groups is 2. The van der Waals surface area contributed by atoms with Crippen LogP contribution in [0.15, 0.2) is 60.7 Å². The van der Waals surface area contributed by atoms with E-state index in [1.54, 1.807) is 31.4 Å². The number of carboxylic acids is 1. The fourth-order valence-electron chi connectivity index (χ4n) is 3.36. The van der Waals surface area contributed by atoms with Gasteiger partial charge in [0.05, 0.1) is 23.8 Å². The minimum Gasteiger partial charge on any atom is -0.497 e. The number of benzene rings is 3. The predicted octanol–water partition coefficient (Wildman–Crippen LogP) is 6.09. The standard InChI is InChI=1S/C26H22Cl2F3NO6/c1-36-17-5-7-18(8-6-17)38-19-4-2-3-15(11-19)9-10-37-23-20(27)12-16(13-21(23)28)14-22(24(33)34)32-25(35)26(29,30)31/h2-8,11-13,22H,9-10,14H2,1H3,(H,32,35)(H,33,34)/t22-/m0/s1. The highest BCUT2D eigenvalue weighted by Crippen LogP contribution is 2.35. The molecule has 3 rings (SSSR count). The van der Waals surface area contributed by atoms with Gasteiger partial charge in [0.2, 0.25) is 0 Å². The number of hydrogen-bond donors (Lipinski definition) is 2. The summed E-state index contributed by atoms with van der Waals surface area (Å²) in [6.45, 7) is 0.185. The second kappa shape index (κ2) is 12.7. The van der Waals surface area contributed by atoms with Gasteiger partial charge in [-0.1, -0.05) is 35.3 Å². The lowest BCUT2D eigenvalue weighted by atomic mass is 10.1. The average molecular weight is 572 g/mol. The van der Waals surface area contributed by atoms with E-state index in [0.29, 0.717) is 23.7 Å². The summed E-state index contributed by atoms with van der Waals surface area (Å²) in [7, 11) is 1.58. The van der Waals surface area contributed by atoms with E-state index in [0.717, 1.165) is 5.56 Å². The van der Waals surface area contributed by atoms with Crippen LogP contribution < -0.4 is 19.5 Å². The summed E-state index contributed by atoms with van der Waals surface area (Å²) in [4.78, 5) is 22.5. The van der Waals surface area contributed by atoms with Crippen LogP contribution in [0.2, 0.25) is 10.0 Å². The molecule has 7 nitrogen and oxygen atoms in total. The van der Waals surface area contributed by atoms with Gasteiger partial charge in [0, 0.05) is 12.8 Å². The predicted molar refractivity (Wildman–Crippen MR) is 134 cm³/mol. The van der Waals surface area contributed by atoms with Crippen molar-refractivity contribution in [3.63, 3.8) is 0 Å². The molecule has 0 saturated carbocycles. The van der Waals surface area contributed by atoms with Crippen molar-refractivity contribution < 1.29 is 42.1 Å². The summed E-state index contributed by atoms with van der Waals surface area (Å²) in [6.07, 6.45) is -5.22. The Balaban J connectivity index is 1.61. The number of carbonyl (C=O) groups excluding carboxylic acids is 1. The van der Waals surface area contributed by atoms with Gasteiger partial charge in [-0.3, -0.25) is 4.79 Å². The van der Waals surface area contributed by atoms with Crippen molar-refractivity contribution in [3.05, 3.63) is 81.8 Å².